The fourth-order valence-electron chi connectivity index (χ4n) is 1.34. The minimum atomic E-state index is -0.438. The molecule has 0 aliphatic rings. The molecule has 0 bridgehead atoms. The number of nitrogens with zero attached hydrogens (tertiary/aromatic N) is 3. The Bertz CT molecular complexity index is 598. The monoisotopic (exact) mass is 262 g/mol. The largest absolute Gasteiger partial charge is 0.440 e. The number of anilines is 1. The molecule has 0 saturated heterocycles. The van der Waals surface area contributed by atoms with Gasteiger partial charge in [0.15, 0.2) is 11.6 Å². The fourth-order valence-corrected chi connectivity index (χ4v) is 1.34. The summed E-state index contributed by atoms with van der Waals surface area (Å²) in [6, 6.07) is 5.09. The molecular formula is C12H14N4O3. The third kappa shape index (κ3) is 3.21. The molecule has 0 aliphatic carbocycles. The van der Waals surface area contributed by atoms with E-state index in [2.05, 4.69) is 15.7 Å². The first kappa shape index (κ1) is 12.9. The maximum absolute atomic E-state index is 11.6. The van der Waals surface area contributed by atoms with Crippen LogP contribution in [0.1, 0.15) is 22.0 Å². The van der Waals surface area contributed by atoms with E-state index in [0.29, 0.717) is 17.4 Å². The molecule has 0 aliphatic heterocycles. The van der Waals surface area contributed by atoms with Crippen molar-refractivity contribution < 1.29 is 13.7 Å². The molecule has 0 unspecified atom stereocenters. The zero-order valence-electron chi connectivity index (χ0n) is 10.9. The van der Waals surface area contributed by atoms with Crippen LogP contribution < -0.4 is 10.3 Å². The van der Waals surface area contributed by atoms with E-state index in [1.54, 1.807) is 13.0 Å². The molecule has 0 radical (unpaired) electrons. The van der Waals surface area contributed by atoms with Gasteiger partial charge in [-0.15, -0.1) is 0 Å². The number of aromatic nitrogens is 1. The number of carbonyl (C=O) groups excluding carboxylic acids is 1. The molecule has 0 fully saturated rings. The molecule has 0 atom stereocenters. The zero-order valence-corrected chi connectivity index (χ0v) is 10.9. The Morgan fingerprint density at radius 3 is 2.84 bits per heavy atom. The number of aryl methyl sites for hydroxylation is 1. The molecule has 7 heteroatoms. The third-order valence-corrected chi connectivity index (χ3v) is 2.27. The summed E-state index contributed by atoms with van der Waals surface area (Å²) in [6.07, 6.45) is 1.41. The Morgan fingerprint density at radius 2 is 2.26 bits per heavy atom. The van der Waals surface area contributed by atoms with Crippen LogP contribution in [0.3, 0.4) is 0 Å². The number of furan rings is 1. The van der Waals surface area contributed by atoms with Gasteiger partial charge in [0.1, 0.15) is 11.5 Å². The second-order valence-electron chi connectivity index (χ2n) is 4.09. The molecule has 19 heavy (non-hydrogen) atoms. The summed E-state index contributed by atoms with van der Waals surface area (Å²) < 4.78 is 10.2. The summed E-state index contributed by atoms with van der Waals surface area (Å²) in [5.74, 6) is 1.38. The Labute approximate surface area is 109 Å². The van der Waals surface area contributed by atoms with Crippen molar-refractivity contribution in [3.63, 3.8) is 0 Å². The van der Waals surface area contributed by atoms with Crippen LogP contribution in [0.15, 0.2) is 32.2 Å². The quantitative estimate of drug-likeness (QED) is 0.665. The van der Waals surface area contributed by atoms with Crippen molar-refractivity contribution in [2.45, 2.75) is 6.92 Å². The average Bonchev–Trinajstić information content (AvgIpc) is 2.98. The highest BCUT2D eigenvalue weighted by Gasteiger charge is 2.09. The van der Waals surface area contributed by atoms with Gasteiger partial charge in [-0.1, -0.05) is 5.16 Å². The number of rotatable bonds is 4. The Balaban J connectivity index is 1.94. The van der Waals surface area contributed by atoms with E-state index in [-0.39, 0.29) is 5.69 Å². The Morgan fingerprint density at radius 1 is 1.47 bits per heavy atom. The van der Waals surface area contributed by atoms with E-state index in [1.165, 1.54) is 12.3 Å². The number of amides is 1. The van der Waals surface area contributed by atoms with Gasteiger partial charge in [0.05, 0.1) is 6.21 Å². The van der Waals surface area contributed by atoms with Crippen molar-refractivity contribution in [1.29, 1.82) is 0 Å². The van der Waals surface area contributed by atoms with E-state index >= 15 is 0 Å². The molecular weight excluding hydrogens is 248 g/mol. The second-order valence-corrected chi connectivity index (χ2v) is 4.09. The fraction of sp³-hybridized carbons (Fsp3) is 0.250. The lowest BCUT2D eigenvalue weighted by atomic mass is 10.4. The predicted molar refractivity (Wildman–Crippen MR) is 69.3 cm³/mol. The van der Waals surface area contributed by atoms with Crippen molar-refractivity contribution in [3.8, 4) is 0 Å². The number of nitrogens with one attached hydrogen (secondary N) is 1. The summed E-state index contributed by atoms with van der Waals surface area (Å²) in [5.41, 5.74) is 2.52. The Kier molecular flexibility index (Phi) is 3.65. The molecule has 0 spiro atoms. The summed E-state index contributed by atoms with van der Waals surface area (Å²) in [7, 11) is 3.74. The first-order valence-corrected chi connectivity index (χ1v) is 5.60. The van der Waals surface area contributed by atoms with Crippen molar-refractivity contribution in [1.82, 2.24) is 10.6 Å². The first-order chi connectivity index (χ1) is 9.06. The van der Waals surface area contributed by atoms with Crippen molar-refractivity contribution in [2.75, 3.05) is 19.0 Å². The van der Waals surface area contributed by atoms with E-state index in [9.17, 15) is 4.79 Å². The number of hydrogen-bond donors (Lipinski definition) is 1. The van der Waals surface area contributed by atoms with E-state index < -0.39 is 5.91 Å². The molecule has 2 aromatic rings. The van der Waals surface area contributed by atoms with Gasteiger partial charge in [-0.2, -0.15) is 5.10 Å². The van der Waals surface area contributed by atoms with Crippen LogP contribution in [0.4, 0.5) is 5.88 Å². The van der Waals surface area contributed by atoms with Crippen LogP contribution in [0, 0.1) is 6.92 Å². The minimum absolute atomic E-state index is 0.183. The SMILES string of the molecule is Cc1cc(C(=O)N/N=C/c2ccc(N(C)C)o2)no1. The normalized spacial score (nSPS) is 10.9. The average molecular weight is 262 g/mol. The lowest BCUT2D eigenvalue weighted by molar-refractivity contribution is 0.0946. The van der Waals surface area contributed by atoms with Gasteiger partial charge in [-0.05, 0) is 13.0 Å². The summed E-state index contributed by atoms with van der Waals surface area (Å²) in [5, 5.41) is 7.36. The van der Waals surface area contributed by atoms with Crippen LogP contribution in [-0.2, 0) is 0 Å². The zero-order chi connectivity index (χ0) is 13.8. The second kappa shape index (κ2) is 5.38. The number of hydrogen-bond acceptors (Lipinski definition) is 6. The van der Waals surface area contributed by atoms with E-state index in [1.807, 2.05) is 25.1 Å². The van der Waals surface area contributed by atoms with Crippen molar-refractivity contribution in [3.05, 3.63) is 35.4 Å². The van der Waals surface area contributed by atoms with Crippen LogP contribution in [-0.4, -0.2) is 31.4 Å². The summed E-state index contributed by atoms with van der Waals surface area (Å²) in [6.45, 7) is 1.71. The van der Waals surface area contributed by atoms with E-state index in [0.717, 1.165) is 0 Å². The number of hydrazone groups is 1. The lowest BCUT2D eigenvalue weighted by Gasteiger charge is -2.05. The molecule has 1 N–H and O–H groups in total. The highest BCUT2D eigenvalue weighted by Crippen LogP contribution is 2.14. The van der Waals surface area contributed by atoms with Gasteiger partial charge in [0.2, 0.25) is 0 Å². The summed E-state index contributed by atoms with van der Waals surface area (Å²) >= 11 is 0. The van der Waals surface area contributed by atoms with Crippen molar-refractivity contribution in [2.24, 2.45) is 5.10 Å². The predicted octanol–water partition coefficient (Wildman–Crippen LogP) is 1.41. The van der Waals surface area contributed by atoms with Gasteiger partial charge in [0, 0.05) is 26.2 Å². The smallest absolute Gasteiger partial charge is 0.293 e. The van der Waals surface area contributed by atoms with E-state index in [4.69, 9.17) is 8.94 Å². The van der Waals surface area contributed by atoms with Gasteiger partial charge in [-0.25, -0.2) is 5.43 Å². The van der Waals surface area contributed by atoms with Gasteiger partial charge in [0.25, 0.3) is 5.91 Å². The van der Waals surface area contributed by atoms with Gasteiger partial charge < -0.3 is 13.8 Å². The minimum Gasteiger partial charge on any atom is -0.440 e. The molecule has 2 heterocycles. The van der Waals surface area contributed by atoms with Crippen molar-refractivity contribution >= 4 is 18.0 Å². The standard InChI is InChI=1S/C12H14N4O3/c1-8-6-10(15-19-8)12(17)14-13-7-9-4-5-11(18-9)16(2)3/h4-7H,1-3H3,(H,14,17)/b13-7+. The Hall–Kier alpha value is -2.57. The third-order valence-electron chi connectivity index (χ3n) is 2.27. The highest BCUT2D eigenvalue weighted by atomic mass is 16.5. The van der Waals surface area contributed by atoms with Crippen LogP contribution in [0.5, 0.6) is 0 Å². The van der Waals surface area contributed by atoms with Crippen LogP contribution in [0.2, 0.25) is 0 Å². The molecule has 0 saturated carbocycles. The topological polar surface area (TPSA) is 83.9 Å². The molecule has 2 aromatic heterocycles. The van der Waals surface area contributed by atoms with Crippen LogP contribution in [0.25, 0.3) is 0 Å². The van der Waals surface area contributed by atoms with Gasteiger partial charge >= 0.3 is 0 Å². The molecule has 2 rings (SSSR count). The lowest BCUT2D eigenvalue weighted by Crippen LogP contribution is -2.17. The first-order valence-electron chi connectivity index (χ1n) is 5.60. The maximum atomic E-state index is 11.6. The highest BCUT2D eigenvalue weighted by molar-refractivity contribution is 5.92. The molecule has 7 nitrogen and oxygen atoms in total. The molecule has 0 aromatic carbocycles. The number of carbonyl (C=O) groups is 1. The van der Waals surface area contributed by atoms with Gasteiger partial charge in [-0.3, -0.25) is 4.79 Å². The maximum Gasteiger partial charge on any atom is 0.293 e. The molecule has 1 amide bonds. The molecule has 100 valence electrons. The summed E-state index contributed by atoms with van der Waals surface area (Å²) in [4.78, 5) is 13.4. The van der Waals surface area contributed by atoms with Crippen LogP contribution >= 0.6 is 0 Å².